The molecule has 1 aromatic heterocycles. The zero-order valence-corrected chi connectivity index (χ0v) is 14.2. The smallest absolute Gasteiger partial charge is 0.258 e. The number of nitrogen functional groups attached to an aromatic ring is 1. The second-order valence-electron chi connectivity index (χ2n) is 5.55. The molecule has 1 amide bonds. The molecule has 3 N–H and O–H groups in total. The van der Waals surface area contributed by atoms with Gasteiger partial charge in [0.05, 0.1) is 10.6 Å². The number of hydrogen-bond acceptors (Lipinski definition) is 3. The summed E-state index contributed by atoms with van der Waals surface area (Å²) in [4.78, 5) is 13.8. The molecule has 21 heavy (non-hydrogen) atoms. The van der Waals surface area contributed by atoms with Crippen LogP contribution >= 0.6 is 27.3 Å². The van der Waals surface area contributed by atoms with Crippen molar-refractivity contribution in [2.45, 2.75) is 26.2 Å². The molecule has 110 valence electrons. The fourth-order valence-corrected chi connectivity index (χ4v) is 4.29. The minimum atomic E-state index is -0.0955. The number of nitrogens with one attached hydrogen (secondary N) is 1. The SMILES string of the molecule is C[C@@H]1CCc2c(sc(N)c2C(=O)Nc2ccc(Br)cc2)C1. The van der Waals surface area contributed by atoms with Gasteiger partial charge in [0.1, 0.15) is 0 Å². The van der Waals surface area contributed by atoms with Gasteiger partial charge in [-0.1, -0.05) is 22.9 Å². The molecule has 0 aliphatic heterocycles. The normalized spacial score (nSPS) is 17.3. The van der Waals surface area contributed by atoms with E-state index >= 15 is 0 Å². The maximum Gasteiger partial charge on any atom is 0.258 e. The number of carbonyl (C=O) groups excluding carboxylic acids is 1. The van der Waals surface area contributed by atoms with Gasteiger partial charge < -0.3 is 11.1 Å². The standard InChI is InChI=1S/C16H17BrN2OS/c1-9-2-7-12-13(8-9)21-15(18)14(12)16(20)19-11-5-3-10(17)4-6-11/h3-6,9H,2,7-8,18H2,1H3,(H,19,20)/t9-/m1/s1. The molecule has 0 radical (unpaired) electrons. The predicted octanol–water partition coefficient (Wildman–Crippen LogP) is 4.47. The average molecular weight is 365 g/mol. The maximum atomic E-state index is 12.5. The number of amides is 1. The minimum Gasteiger partial charge on any atom is -0.390 e. The summed E-state index contributed by atoms with van der Waals surface area (Å²) in [6.45, 7) is 2.25. The molecule has 2 aromatic rings. The lowest BCUT2D eigenvalue weighted by atomic mass is 9.88. The molecule has 3 nitrogen and oxygen atoms in total. The van der Waals surface area contributed by atoms with Crippen molar-refractivity contribution in [1.29, 1.82) is 0 Å². The molecule has 0 unspecified atom stereocenters. The third-order valence-corrected chi connectivity index (χ3v) is 5.48. The fraction of sp³-hybridized carbons (Fsp3) is 0.312. The number of halogens is 1. The minimum absolute atomic E-state index is 0.0955. The average Bonchev–Trinajstić information content (AvgIpc) is 2.76. The van der Waals surface area contributed by atoms with Gasteiger partial charge in [-0.05, 0) is 55.0 Å². The summed E-state index contributed by atoms with van der Waals surface area (Å²) in [6, 6.07) is 7.56. The zero-order chi connectivity index (χ0) is 15.0. The fourth-order valence-electron chi connectivity index (χ4n) is 2.75. The quantitative estimate of drug-likeness (QED) is 0.825. The number of carbonyl (C=O) groups is 1. The highest BCUT2D eigenvalue weighted by Gasteiger charge is 2.26. The van der Waals surface area contributed by atoms with Crippen LogP contribution < -0.4 is 11.1 Å². The van der Waals surface area contributed by atoms with Crippen LogP contribution in [0.15, 0.2) is 28.7 Å². The molecular weight excluding hydrogens is 348 g/mol. The van der Waals surface area contributed by atoms with E-state index in [-0.39, 0.29) is 5.91 Å². The molecule has 0 saturated carbocycles. The largest absolute Gasteiger partial charge is 0.390 e. The van der Waals surface area contributed by atoms with E-state index < -0.39 is 0 Å². The Hall–Kier alpha value is -1.33. The van der Waals surface area contributed by atoms with Crippen molar-refractivity contribution >= 4 is 43.9 Å². The van der Waals surface area contributed by atoms with Crippen molar-refractivity contribution in [2.24, 2.45) is 5.92 Å². The Morgan fingerprint density at radius 2 is 2.10 bits per heavy atom. The van der Waals surface area contributed by atoms with Gasteiger partial charge >= 0.3 is 0 Å². The van der Waals surface area contributed by atoms with Gasteiger partial charge in [-0.15, -0.1) is 11.3 Å². The number of hydrogen-bond donors (Lipinski definition) is 2. The molecule has 0 fully saturated rings. The lowest BCUT2D eigenvalue weighted by molar-refractivity contribution is 0.102. The van der Waals surface area contributed by atoms with Crippen molar-refractivity contribution in [1.82, 2.24) is 0 Å². The molecule has 1 aliphatic carbocycles. The van der Waals surface area contributed by atoms with Crippen molar-refractivity contribution in [3.05, 3.63) is 44.7 Å². The van der Waals surface area contributed by atoms with Crippen LogP contribution in [0.3, 0.4) is 0 Å². The maximum absolute atomic E-state index is 12.5. The number of nitrogens with two attached hydrogens (primary N) is 1. The van der Waals surface area contributed by atoms with E-state index in [1.807, 2.05) is 24.3 Å². The van der Waals surface area contributed by atoms with E-state index in [0.29, 0.717) is 16.5 Å². The van der Waals surface area contributed by atoms with E-state index in [4.69, 9.17) is 5.73 Å². The van der Waals surface area contributed by atoms with Crippen LogP contribution in [0.4, 0.5) is 10.7 Å². The first kappa shape index (κ1) is 14.6. The summed E-state index contributed by atoms with van der Waals surface area (Å²) >= 11 is 4.96. The number of fused-ring (bicyclic) bond motifs is 1. The van der Waals surface area contributed by atoms with E-state index in [1.165, 1.54) is 4.88 Å². The van der Waals surface area contributed by atoms with E-state index in [1.54, 1.807) is 11.3 Å². The number of benzene rings is 1. The van der Waals surface area contributed by atoms with Crippen LogP contribution in [0.25, 0.3) is 0 Å². The second kappa shape index (κ2) is 5.81. The molecule has 5 heteroatoms. The van der Waals surface area contributed by atoms with Gasteiger partial charge in [0.25, 0.3) is 5.91 Å². The van der Waals surface area contributed by atoms with Gasteiger partial charge in [-0.2, -0.15) is 0 Å². The summed E-state index contributed by atoms with van der Waals surface area (Å²) in [5.41, 5.74) is 8.72. The van der Waals surface area contributed by atoms with Crippen molar-refractivity contribution in [3.63, 3.8) is 0 Å². The zero-order valence-electron chi connectivity index (χ0n) is 11.8. The summed E-state index contributed by atoms with van der Waals surface area (Å²) < 4.78 is 0.988. The highest BCUT2D eigenvalue weighted by atomic mass is 79.9. The Morgan fingerprint density at radius 3 is 2.81 bits per heavy atom. The topological polar surface area (TPSA) is 55.1 Å². The van der Waals surface area contributed by atoms with Crippen molar-refractivity contribution in [2.75, 3.05) is 11.1 Å². The number of anilines is 2. The Morgan fingerprint density at radius 1 is 1.38 bits per heavy atom. The molecule has 0 spiro atoms. The van der Waals surface area contributed by atoms with Crippen molar-refractivity contribution in [3.8, 4) is 0 Å². The second-order valence-corrected chi connectivity index (χ2v) is 7.60. The molecular formula is C16H17BrN2OS. The molecule has 1 atom stereocenters. The Bertz CT molecular complexity index is 678. The van der Waals surface area contributed by atoms with E-state index in [9.17, 15) is 4.79 Å². The van der Waals surface area contributed by atoms with Gasteiger partial charge in [-0.25, -0.2) is 0 Å². The first-order valence-corrected chi connectivity index (χ1v) is 8.62. The van der Waals surface area contributed by atoms with Crippen LogP contribution in [-0.4, -0.2) is 5.91 Å². The van der Waals surface area contributed by atoms with Crippen LogP contribution in [0.5, 0.6) is 0 Å². The van der Waals surface area contributed by atoms with Gasteiger partial charge in [0.2, 0.25) is 0 Å². The molecule has 1 aliphatic rings. The van der Waals surface area contributed by atoms with E-state index in [0.717, 1.165) is 35.0 Å². The van der Waals surface area contributed by atoms with Gasteiger partial charge in [-0.3, -0.25) is 4.79 Å². The van der Waals surface area contributed by atoms with Crippen LogP contribution in [0.2, 0.25) is 0 Å². The highest BCUT2D eigenvalue weighted by Crippen LogP contribution is 2.38. The summed E-state index contributed by atoms with van der Waals surface area (Å²) in [7, 11) is 0. The molecule has 3 rings (SSSR count). The molecule has 0 saturated heterocycles. The lowest BCUT2D eigenvalue weighted by Gasteiger charge is -2.18. The monoisotopic (exact) mass is 364 g/mol. The number of rotatable bonds is 2. The molecule has 0 bridgehead atoms. The van der Waals surface area contributed by atoms with E-state index in [2.05, 4.69) is 28.2 Å². The van der Waals surface area contributed by atoms with Crippen LogP contribution in [0.1, 0.15) is 34.1 Å². The predicted molar refractivity (Wildman–Crippen MR) is 92.0 cm³/mol. The van der Waals surface area contributed by atoms with Gasteiger partial charge in [0.15, 0.2) is 0 Å². The Kier molecular flexibility index (Phi) is 4.04. The summed E-state index contributed by atoms with van der Waals surface area (Å²) in [5, 5.41) is 3.58. The summed E-state index contributed by atoms with van der Waals surface area (Å²) in [5.74, 6) is 0.583. The van der Waals surface area contributed by atoms with Crippen molar-refractivity contribution < 1.29 is 4.79 Å². The molecule has 1 heterocycles. The third kappa shape index (κ3) is 2.99. The van der Waals surface area contributed by atoms with Gasteiger partial charge in [0, 0.05) is 15.0 Å². The molecule has 1 aromatic carbocycles. The Balaban J connectivity index is 1.86. The Labute approximate surface area is 136 Å². The first-order valence-electron chi connectivity index (χ1n) is 7.01. The number of thiophene rings is 1. The first-order chi connectivity index (χ1) is 10.0. The van der Waals surface area contributed by atoms with Crippen LogP contribution in [-0.2, 0) is 12.8 Å². The highest BCUT2D eigenvalue weighted by molar-refractivity contribution is 9.10. The third-order valence-electron chi connectivity index (χ3n) is 3.87. The lowest BCUT2D eigenvalue weighted by Crippen LogP contribution is -2.17. The summed E-state index contributed by atoms with van der Waals surface area (Å²) in [6.07, 6.45) is 3.12. The van der Waals surface area contributed by atoms with Crippen LogP contribution in [0, 0.1) is 5.92 Å².